The van der Waals surface area contributed by atoms with Crippen LogP contribution in [0.15, 0.2) is 35.5 Å². The molecule has 8 nitrogen and oxygen atoms in total. The third-order valence-corrected chi connectivity index (χ3v) is 3.22. The normalized spacial score (nSPS) is 17.6. The molecule has 0 saturated carbocycles. The number of anilines is 1. The van der Waals surface area contributed by atoms with Crippen molar-refractivity contribution in [3.05, 3.63) is 46.3 Å². The van der Waals surface area contributed by atoms with Gasteiger partial charge in [0, 0.05) is 11.3 Å². The molecule has 2 rings (SSSR count). The largest absolute Gasteiger partial charge is 0.733 e. The van der Waals surface area contributed by atoms with Gasteiger partial charge in [-0.25, -0.2) is 9.59 Å². The first-order chi connectivity index (χ1) is 10.5. The van der Waals surface area contributed by atoms with Crippen LogP contribution in [0.1, 0.15) is 25.5 Å². The van der Waals surface area contributed by atoms with Crippen LogP contribution in [0, 0.1) is 5.21 Å². The molecule has 1 heterocycles. The third-order valence-electron chi connectivity index (χ3n) is 3.22. The maximum atomic E-state index is 12.2. The Morgan fingerprint density at radius 3 is 2.77 bits per heavy atom. The first-order valence-electron chi connectivity index (χ1n) is 6.66. The van der Waals surface area contributed by atoms with Crippen molar-refractivity contribution in [2.45, 2.75) is 19.9 Å². The van der Waals surface area contributed by atoms with E-state index in [-0.39, 0.29) is 28.7 Å². The van der Waals surface area contributed by atoms with E-state index in [1.165, 1.54) is 6.07 Å². The minimum Gasteiger partial charge on any atom is -0.733 e. The summed E-state index contributed by atoms with van der Waals surface area (Å²) in [5.74, 6) is -0.609. The number of hydrogen-bond acceptors (Lipinski definition) is 6. The van der Waals surface area contributed by atoms with Gasteiger partial charge >= 0.3 is 12.0 Å². The predicted octanol–water partition coefficient (Wildman–Crippen LogP) is 1.57. The van der Waals surface area contributed by atoms with Crippen molar-refractivity contribution in [2.75, 3.05) is 11.8 Å². The van der Waals surface area contributed by atoms with E-state index in [1.807, 2.05) is 0 Å². The van der Waals surface area contributed by atoms with Gasteiger partial charge in [0.25, 0.3) is 0 Å². The number of para-hydroxylation sites is 1. The molecular formula is C14H16N3O5-. The highest BCUT2D eigenvalue weighted by Gasteiger charge is 2.33. The molecule has 0 aliphatic carbocycles. The van der Waals surface area contributed by atoms with Gasteiger partial charge in [0.2, 0.25) is 0 Å². The van der Waals surface area contributed by atoms with E-state index in [2.05, 4.69) is 10.6 Å². The van der Waals surface area contributed by atoms with Crippen LogP contribution in [0.2, 0.25) is 0 Å². The Bertz CT molecular complexity index is 627. The number of nitrogens with one attached hydrogen (secondary N) is 2. The van der Waals surface area contributed by atoms with Crippen molar-refractivity contribution in [3.8, 4) is 0 Å². The number of carbonyl (C=O) groups is 2. The molecule has 0 unspecified atom stereocenters. The minimum absolute atomic E-state index is 0.0655. The van der Waals surface area contributed by atoms with Crippen LogP contribution in [0.3, 0.4) is 0 Å². The van der Waals surface area contributed by atoms with Crippen molar-refractivity contribution >= 4 is 17.7 Å². The van der Waals surface area contributed by atoms with E-state index in [0.717, 1.165) is 0 Å². The molecule has 0 radical (unpaired) electrons. The van der Waals surface area contributed by atoms with Crippen LogP contribution in [-0.2, 0) is 9.53 Å². The van der Waals surface area contributed by atoms with Gasteiger partial charge < -0.3 is 25.8 Å². The van der Waals surface area contributed by atoms with Crippen LogP contribution >= 0.6 is 0 Å². The van der Waals surface area contributed by atoms with Crippen LogP contribution in [0.4, 0.5) is 10.5 Å². The maximum Gasteiger partial charge on any atom is 0.338 e. The lowest BCUT2D eigenvalue weighted by Crippen LogP contribution is -2.45. The fourth-order valence-electron chi connectivity index (χ4n) is 2.31. The molecule has 1 atom stereocenters. The van der Waals surface area contributed by atoms with E-state index in [9.17, 15) is 20.0 Å². The quantitative estimate of drug-likeness (QED) is 0.574. The van der Waals surface area contributed by atoms with Gasteiger partial charge in [0.1, 0.15) is 0 Å². The molecule has 1 aromatic rings. The molecule has 0 spiro atoms. The zero-order valence-corrected chi connectivity index (χ0v) is 12.1. The zero-order valence-electron chi connectivity index (χ0n) is 12.1. The highest BCUT2D eigenvalue weighted by molar-refractivity contribution is 5.95. The number of ether oxygens (including phenoxy) is 1. The van der Waals surface area contributed by atoms with Crippen LogP contribution in [0.5, 0.6) is 0 Å². The summed E-state index contributed by atoms with van der Waals surface area (Å²) in [5, 5.41) is 25.2. The summed E-state index contributed by atoms with van der Waals surface area (Å²) >= 11 is 0. The Morgan fingerprint density at radius 2 is 2.14 bits per heavy atom. The monoisotopic (exact) mass is 306 g/mol. The number of esters is 1. The van der Waals surface area contributed by atoms with Gasteiger partial charge in [0.15, 0.2) is 0 Å². The van der Waals surface area contributed by atoms with Gasteiger partial charge in [-0.15, -0.1) is 0 Å². The van der Waals surface area contributed by atoms with E-state index < -0.39 is 18.0 Å². The summed E-state index contributed by atoms with van der Waals surface area (Å²) in [6, 6.07) is 4.71. The topological polar surface area (TPSA) is 114 Å². The highest BCUT2D eigenvalue weighted by Crippen LogP contribution is 2.33. The van der Waals surface area contributed by atoms with Crippen molar-refractivity contribution in [3.63, 3.8) is 0 Å². The number of carbonyl (C=O) groups excluding carboxylic acids is 2. The van der Waals surface area contributed by atoms with Gasteiger partial charge in [-0.1, -0.05) is 18.2 Å². The van der Waals surface area contributed by atoms with E-state index in [4.69, 9.17) is 4.74 Å². The molecule has 2 amide bonds. The van der Waals surface area contributed by atoms with E-state index in [1.54, 1.807) is 32.0 Å². The Balaban J connectivity index is 2.53. The maximum absolute atomic E-state index is 12.2. The molecule has 0 aromatic heterocycles. The average molecular weight is 306 g/mol. The fourth-order valence-corrected chi connectivity index (χ4v) is 2.31. The third kappa shape index (κ3) is 3.02. The first-order valence-corrected chi connectivity index (χ1v) is 6.66. The Morgan fingerprint density at radius 1 is 1.45 bits per heavy atom. The summed E-state index contributed by atoms with van der Waals surface area (Å²) in [6.07, 6.45) is 0. The zero-order chi connectivity index (χ0) is 16.3. The molecule has 1 aliphatic heterocycles. The number of nitrogens with zero attached hydrogens (tertiary/aromatic N) is 1. The average Bonchev–Trinajstić information content (AvgIpc) is 2.46. The van der Waals surface area contributed by atoms with Gasteiger partial charge in [0.05, 0.1) is 23.9 Å². The minimum atomic E-state index is -0.896. The van der Waals surface area contributed by atoms with Crippen LogP contribution in [-0.4, -0.2) is 23.8 Å². The standard InChI is InChI=1S/C14H16N3O5/c1-3-22-13(18)11-8(2)15-14(19)16-12(11)9-6-4-5-7-10(9)17(20)21/h4-7,12,20H,3H2,1-2H3,(H2,15,16,19)/q-1/t12-/m1/s1. The number of amides is 2. The molecule has 118 valence electrons. The lowest BCUT2D eigenvalue weighted by molar-refractivity contribution is -0.139. The molecule has 0 bridgehead atoms. The Kier molecular flexibility index (Phi) is 4.64. The highest BCUT2D eigenvalue weighted by atomic mass is 16.8. The van der Waals surface area contributed by atoms with Crippen molar-refractivity contribution in [1.82, 2.24) is 10.6 Å². The molecular weight excluding hydrogens is 290 g/mol. The molecule has 22 heavy (non-hydrogen) atoms. The van der Waals surface area contributed by atoms with E-state index in [0.29, 0.717) is 5.70 Å². The summed E-state index contributed by atoms with van der Waals surface area (Å²) in [5.41, 5.74) is 0.731. The fraction of sp³-hybridized carbons (Fsp3) is 0.286. The van der Waals surface area contributed by atoms with Crippen LogP contribution in [0.25, 0.3) is 0 Å². The molecule has 1 aliphatic rings. The first kappa shape index (κ1) is 15.8. The smallest absolute Gasteiger partial charge is 0.338 e. The summed E-state index contributed by atoms with van der Waals surface area (Å²) < 4.78 is 5.00. The van der Waals surface area contributed by atoms with Gasteiger partial charge in [-0.2, -0.15) is 0 Å². The summed E-state index contributed by atoms with van der Waals surface area (Å²) in [6.45, 7) is 3.40. The second kappa shape index (κ2) is 6.46. The van der Waals surface area contributed by atoms with Crippen LogP contribution < -0.4 is 15.9 Å². The number of hydrogen-bond donors (Lipinski definition) is 3. The lowest BCUT2D eigenvalue weighted by Gasteiger charge is -2.32. The second-order valence-corrected chi connectivity index (χ2v) is 4.62. The molecule has 8 heteroatoms. The predicted molar refractivity (Wildman–Crippen MR) is 77.8 cm³/mol. The van der Waals surface area contributed by atoms with Gasteiger partial charge in [-0.05, 0) is 19.9 Å². The molecule has 0 fully saturated rings. The SMILES string of the molecule is CCOC(=O)C1=C(C)NC(=O)N[C@@H]1c1ccccc1N([O-])O. The van der Waals surface area contributed by atoms with E-state index >= 15 is 0 Å². The lowest BCUT2D eigenvalue weighted by atomic mass is 9.94. The van der Waals surface area contributed by atoms with Gasteiger partial charge in [-0.3, -0.25) is 5.21 Å². The Labute approximate surface area is 126 Å². The molecule has 1 aromatic carbocycles. The Hall–Kier alpha value is -2.58. The molecule has 3 N–H and O–H groups in total. The van der Waals surface area contributed by atoms with Crippen molar-refractivity contribution < 1.29 is 19.5 Å². The number of rotatable bonds is 4. The molecule has 0 saturated heterocycles. The number of allylic oxidation sites excluding steroid dienone is 1. The number of benzene rings is 1. The number of urea groups is 1. The van der Waals surface area contributed by atoms with Crippen molar-refractivity contribution in [2.24, 2.45) is 0 Å². The summed E-state index contributed by atoms with van der Waals surface area (Å²) in [4.78, 5) is 23.9. The second-order valence-electron chi connectivity index (χ2n) is 4.62. The summed E-state index contributed by atoms with van der Waals surface area (Å²) in [7, 11) is 0. The van der Waals surface area contributed by atoms with Crippen molar-refractivity contribution in [1.29, 1.82) is 0 Å².